The lowest BCUT2D eigenvalue weighted by Crippen LogP contribution is -2.33. The second kappa shape index (κ2) is 9.49. The zero-order chi connectivity index (χ0) is 19.2. The van der Waals surface area contributed by atoms with Gasteiger partial charge in [-0.1, -0.05) is 6.07 Å². The van der Waals surface area contributed by atoms with Crippen LogP contribution in [0.4, 0.5) is 5.82 Å². The minimum atomic E-state index is 0.0166. The highest BCUT2D eigenvalue weighted by atomic mass is 16.1. The van der Waals surface area contributed by atoms with Crippen LogP contribution in [0.2, 0.25) is 0 Å². The number of anilines is 1. The van der Waals surface area contributed by atoms with Gasteiger partial charge >= 0.3 is 0 Å². The molecule has 7 heteroatoms. The molecule has 2 fully saturated rings. The van der Waals surface area contributed by atoms with Crippen molar-refractivity contribution in [1.29, 1.82) is 0 Å². The van der Waals surface area contributed by atoms with E-state index in [2.05, 4.69) is 20.4 Å². The van der Waals surface area contributed by atoms with Crippen LogP contribution in [-0.4, -0.2) is 71.5 Å². The first-order chi connectivity index (χ1) is 13.8. The molecule has 0 aliphatic carbocycles. The van der Waals surface area contributed by atoms with E-state index in [4.69, 9.17) is 4.98 Å². The average molecular weight is 385 g/mol. The van der Waals surface area contributed by atoms with Crippen molar-refractivity contribution in [2.45, 2.75) is 32.2 Å². The van der Waals surface area contributed by atoms with Gasteiger partial charge in [-0.25, -0.2) is 4.98 Å². The quantitative estimate of drug-likeness (QED) is 0.637. The summed E-state index contributed by atoms with van der Waals surface area (Å²) >= 11 is 0. The Kier molecular flexibility index (Phi) is 6.57. The van der Waals surface area contributed by atoms with Crippen molar-refractivity contribution in [2.24, 2.45) is 0 Å². The molecule has 0 bridgehead atoms. The van der Waals surface area contributed by atoms with E-state index in [0.717, 1.165) is 37.6 Å². The van der Waals surface area contributed by atoms with Crippen LogP contribution in [0.1, 0.15) is 31.2 Å². The number of aromatic nitrogens is 2. The van der Waals surface area contributed by atoms with Crippen LogP contribution in [0.15, 0.2) is 29.2 Å². The lowest BCUT2D eigenvalue weighted by molar-refractivity contribution is 0.335. The Balaban J connectivity index is 1.43. The van der Waals surface area contributed by atoms with Crippen molar-refractivity contribution >= 4 is 11.5 Å². The number of pyridine rings is 1. The number of nitrogens with zero attached hydrogens (tertiary/aromatic N) is 4. The van der Waals surface area contributed by atoms with Crippen LogP contribution in [0.5, 0.6) is 0 Å². The van der Waals surface area contributed by atoms with E-state index in [-0.39, 0.29) is 5.56 Å². The molecule has 0 spiro atoms. The van der Waals surface area contributed by atoms with Gasteiger partial charge in [-0.2, -0.15) is 0 Å². The van der Waals surface area contributed by atoms with Gasteiger partial charge in [0.2, 0.25) is 0 Å². The van der Waals surface area contributed by atoms with E-state index in [1.54, 1.807) is 10.6 Å². The molecular weight excluding hydrogens is 352 g/mol. The molecule has 0 saturated carbocycles. The number of nitrogens with one attached hydrogen (secondary N) is 2. The van der Waals surface area contributed by atoms with Crippen molar-refractivity contribution in [1.82, 2.24) is 24.5 Å². The van der Waals surface area contributed by atoms with E-state index in [1.807, 2.05) is 18.2 Å². The fourth-order valence-electron chi connectivity index (χ4n) is 4.23. The van der Waals surface area contributed by atoms with Crippen molar-refractivity contribution in [2.75, 3.05) is 57.7 Å². The van der Waals surface area contributed by atoms with Crippen molar-refractivity contribution in [3.05, 3.63) is 40.3 Å². The highest BCUT2D eigenvalue weighted by molar-refractivity contribution is 5.51. The van der Waals surface area contributed by atoms with Crippen LogP contribution < -0.4 is 16.2 Å². The minimum absolute atomic E-state index is 0.0166. The Bertz CT molecular complexity index is 823. The topological polar surface area (TPSA) is 64.9 Å². The standard InChI is InChI=1S/C21H32N6O/c28-21-18(17-22-8-15-25-10-3-4-11-25)20(23-9-16-26-12-5-6-13-26)24-19-7-1-2-14-27(19)21/h1-2,7,14,22-23H,3-6,8-13,15-17H2. The Morgan fingerprint density at radius 1 is 0.929 bits per heavy atom. The van der Waals surface area contributed by atoms with E-state index in [0.29, 0.717) is 12.2 Å². The molecule has 28 heavy (non-hydrogen) atoms. The zero-order valence-corrected chi connectivity index (χ0v) is 16.7. The molecule has 2 aromatic rings. The monoisotopic (exact) mass is 384 g/mol. The smallest absolute Gasteiger partial charge is 0.264 e. The Morgan fingerprint density at radius 3 is 2.32 bits per heavy atom. The van der Waals surface area contributed by atoms with Gasteiger partial charge in [-0.3, -0.25) is 9.20 Å². The summed E-state index contributed by atoms with van der Waals surface area (Å²) in [5, 5.41) is 6.90. The molecule has 152 valence electrons. The Labute approximate surface area is 166 Å². The van der Waals surface area contributed by atoms with Gasteiger partial charge in [0.25, 0.3) is 5.56 Å². The second-order valence-corrected chi connectivity index (χ2v) is 7.87. The van der Waals surface area contributed by atoms with Crippen LogP contribution >= 0.6 is 0 Å². The Hall–Kier alpha value is -1.96. The second-order valence-electron chi connectivity index (χ2n) is 7.87. The predicted octanol–water partition coefficient (Wildman–Crippen LogP) is 1.39. The van der Waals surface area contributed by atoms with E-state index in [9.17, 15) is 4.79 Å². The predicted molar refractivity (Wildman–Crippen MR) is 113 cm³/mol. The summed E-state index contributed by atoms with van der Waals surface area (Å²) in [5.41, 5.74) is 1.44. The van der Waals surface area contributed by atoms with Gasteiger partial charge in [-0.05, 0) is 64.0 Å². The van der Waals surface area contributed by atoms with Crippen LogP contribution in [-0.2, 0) is 6.54 Å². The van der Waals surface area contributed by atoms with E-state index < -0.39 is 0 Å². The highest BCUT2D eigenvalue weighted by Crippen LogP contribution is 2.12. The summed E-state index contributed by atoms with van der Waals surface area (Å²) in [6.07, 6.45) is 7.00. The maximum absolute atomic E-state index is 13.0. The SMILES string of the molecule is O=c1c(CNCCN2CCCC2)c(NCCN2CCCC2)nc2ccccn12. The van der Waals surface area contributed by atoms with E-state index in [1.165, 1.54) is 51.9 Å². The van der Waals surface area contributed by atoms with Crippen molar-refractivity contribution in [3.8, 4) is 0 Å². The lowest BCUT2D eigenvalue weighted by Gasteiger charge is -2.18. The molecule has 7 nitrogen and oxygen atoms in total. The van der Waals surface area contributed by atoms with Gasteiger partial charge in [0, 0.05) is 38.9 Å². The summed E-state index contributed by atoms with van der Waals surface area (Å²) in [6.45, 7) is 9.05. The first-order valence-corrected chi connectivity index (χ1v) is 10.7. The summed E-state index contributed by atoms with van der Waals surface area (Å²) < 4.78 is 1.64. The third kappa shape index (κ3) is 4.71. The summed E-state index contributed by atoms with van der Waals surface area (Å²) in [7, 11) is 0. The molecule has 0 aromatic carbocycles. The van der Waals surface area contributed by atoms with Crippen LogP contribution in [0, 0.1) is 0 Å². The largest absolute Gasteiger partial charge is 0.368 e. The highest BCUT2D eigenvalue weighted by Gasteiger charge is 2.15. The van der Waals surface area contributed by atoms with Gasteiger partial charge in [0.15, 0.2) is 0 Å². The van der Waals surface area contributed by atoms with E-state index >= 15 is 0 Å². The minimum Gasteiger partial charge on any atom is -0.368 e. The average Bonchev–Trinajstić information content (AvgIpc) is 3.41. The third-order valence-electron chi connectivity index (χ3n) is 5.85. The van der Waals surface area contributed by atoms with Gasteiger partial charge in [0.05, 0.1) is 5.56 Å². The molecule has 0 radical (unpaired) electrons. The number of likely N-dealkylation sites (tertiary alicyclic amines) is 2. The molecule has 4 rings (SSSR count). The molecule has 2 saturated heterocycles. The molecule has 0 amide bonds. The van der Waals surface area contributed by atoms with Gasteiger partial charge < -0.3 is 20.4 Å². The lowest BCUT2D eigenvalue weighted by atomic mass is 10.2. The summed E-state index contributed by atoms with van der Waals surface area (Å²) in [4.78, 5) is 22.7. The van der Waals surface area contributed by atoms with Crippen LogP contribution in [0.25, 0.3) is 5.65 Å². The number of rotatable bonds is 9. The molecule has 0 atom stereocenters. The fraction of sp³-hybridized carbons (Fsp3) is 0.619. The van der Waals surface area contributed by atoms with Crippen molar-refractivity contribution in [3.63, 3.8) is 0 Å². The zero-order valence-electron chi connectivity index (χ0n) is 16.7. The Morgan fingerprint density at radius 2 is 1.61 bits per heavy atom. The summed E-state index contributed by atoms with van der Waals surface area (Å²) in [5.74, 6) is 0.726. The van der Waals surface area contributed by atoms with Gasteiger partial charge in [0.1, 0.15) is 11.5 Å². The molecule has 2 aromatic heterocycles. The third-order valence-corrected chi connectivity index (χ3v) is 5.85. The molecular formula is C21H32N6O. The maximum Gasteiger partial charge on any atom is 0.264 e. The van der Waals surface area contributed by atoms with Gasteiger partial charge in [-0.15, -0.1) is 0 Å². The summed E-state index contributed by atoms with van der Waals surface area (Å²) in [6, 6.07) is 5.68. The normalized spacial score (nSPS) is 18.3. The first-order valence-electron chi connectivity index (χ1n) is 10.7. The fourth-order valence-corrected chi connectivity index (χ4v) is 4.23. The molecule has 2 aliphatic heterocycles. The number of fused-ring (bicyclic) bond motifs is 1. The van der Waals surface area contributed by atoms with Crippen LogP contribution in [0.3, 0.4) is 0 Å². The van der Waals surface area contributed by atoms with Crippen molar-refractivity contribution < 1.29 is 0 Å². The molecule has 4 heterocycles. The molecule has 0 unspecified atom stereocenters. The first kappa shape index (κ1) is 19.4. The molecule has 2 N–H and O–H groups in total. The number of hydrogen-bond donors (Lipinski definition) is 2. The molecule has 2 aliphatic rings. The number of hydrogen-bond acceptors (Lipinski definition) is 6. The maximum atomic E-state index is 13.0.